The number of aryl methyl sites for hydroxylation is 2. The summed E-state index contributed by atoms with van der Waals surface area (Å²) in [6.45, 7) is 1.76. The fourth-order valence-electron chi connectivity index (χ4n) is 1.01. The van der Waals surface area contributed by atoms with Gasteiger partial charge >= 0.3 is 10.2 Å². The smallest absolute Gasteiger partial charge is 0.261 e. The second kappa shape index (κ2) is 3.83. The van der Waals surface area contributed by atoms with Crippen molar-refractivity contribution in [2.75, 3.05) is 5.75 Å². The molecule has 0 bridgehead atoms. The van der Waals surface area contributed by atoms with Gasteiger partial charge in [-0.2, -0.15) is 8.42 Å². The Balaban J connectivity index is 2.71. The van der Waals surface area contributed by atoms with Crippen molar-refractivity contribution in [2.45, 2.75) is 13.3 Å². The van der Waals surface area contributed by atoms with Crippen molar-refractivity contribution < 1.29 is 12.3 Å². The molecule has 5 heteroatoms. The zero-order chi connectivity index (χ0) is 9.90. The highest BCUT2D eigenvalue weighted by molar-refractivity contribution is 7.86. The lowest BCUT2D eigenvalue weighted by molar-refractivity contribution is 0.551. The summed E-state index contributed by atoms with van der Waals surface area (Å²) in [5.74, 6) is -0.473. The second-order valence-electron chi connectivity index (χ2n) is 2.74. The maximum atomic E-state index is 12.2. The Morgan fingerprint density at radius 1 is 1.54 bits per heavy atom. The van der Waals surface area contributed by atoms with Crippen LogP contribution in [-0.2, 0) is 16.6 Å². The van der Waals surface area contributed by atoms with Gasteiger partial charge in [0.1, 0.15) is 0 Å². The molecule has 1 heterocycles. The average molecular weight is 203 g/mol. The van der Waals surface area contributed by atoms with Crippen LogP contribution in [-0.4, -0.2) is 19.2 Å². The molecule has 0 aliphatic carbocycles. The number of aromatic nitrogens is 1. The van der Waals surface area contributed by atoms with Crippen molar-refractivity contribution in [1.82, 2.24) is 4.98 Å². The summed E-state index contributed by atoms with van der Waals surface area (Å²) in [7, 11) is -4.37. The summed E-state index contributed by atoms with van der Waals surface area (Å²) in [4.78, 5) is 3.96. The molecule has 1 rings (SSSR count). The molecule has 0 atom stereocenters. The van der Waals surface area contributed by atoms with Gasteiger partial charge in [0.15, 0.2) is 0 Å². The van der Waals surface area contributed by atoms with Crippen molar-refractivity contribution >= 4 is 10.2 Å². The van der Waals surface area contributed by atoms with Crippen molar-refractivity contribution in [1.29, 1.82) is 0 Å². The van der Waals surface area contributed by atoms with Gasteiger partial charge in [-0.25, -0.2) is 0 Å². The number of rotatable bonds is 3. The van der Waals surface area contributed by atoms with Crippen molar-refractivity contribution in [3.8, 4) is 0 Å². The van der Waals surface area contributed by atoms with Gasteiger partial charge in [0.05, 0.1) is 5.75 Å². The zero-order valence-electron chi connectivity index (χ0n) is 7.20. The van der Waals surface area contributed by atoms with Crippen LogP contribution in [0.2, 0.25) is 0 Å². The van der Waals surface area contributed by atoms with Gasteiger partial charge in [-0.1, -0.05) is 6.07 Å². The van der Waals surface area contributed by atoms with Crippen LogP contribution < -0.4 is 0 Å². The molecule has 72 valence electrons. The summed E-state index contributed by atoms with van der Waals surface area (Å²) < 4.78 is 32.6. The fourth-order valence-corrected chi connectivity index (χ4v) is 1.48. The lowest BCUT2D eigenvalue weighted by atomic mass is 10.1. The Morgan fingerprint density at radius 2 is 2.23 bits per heavy atom. The largest absolute Gasteiger partial charge is 0.302 e. The van der Waals surface area contributed by atoms with E-state index in [9.17, 15) is 12.3 Å². The summed E-state index contributed by atoms with van der Waals surface area (Å²) in [5, 5.41) is 0. The van der Waals surface area contributed by atoms with Gasteiger partial charge in [-0.15, -0.1) is 3.89 Å². The van der Waals surface area contributed by atoms with E-state index in [0.717, 1.165) is 11.3 Å². The van der Waals surface area contributed by atoms with E-state index in [2.05, 4.69) is 4.98 Å². The van der Waals surface area contributed by atoms with Gasteiger partial charge < -0.3 is 0 Å². The van der Waals surface area contributed by atoms with Crippen LogP contribution in [0.15, 0.2) is 18.3 Å². The molecule has 0 N–H and O–H groups in total. The van der Waals surface area contributed by atoms with E-state index in [4.69, 9.17) is 0 Å². The Morgan fingerprint density at radius 3 is 2.77 bits per heavy atom. The van der Waals surface area contributed by atoms with Crippen molar-refractivity contribution in [3.63, 3.8) is 0 Å². The van der Waals surface area contributed by atoms with E-state index in [1.54, 1.807) is 25.3 Å². The maximum absolute atomic E-state index is 12.2. The highest BCUT2D eigenvalue weighted by Gasteiger charge is 2.08. The maximum Gasteiger partial charge on any atom is 0.302 e. The van der Waals surface area contributed by atoms with Crippen LogP contribution in [0.1, 0.15) is 11.3 Å². The molecular weight excluding hydrogens is 193 g/mol. The van der Waals surface area contributed by atoms with Crippen LogP contribution in [0, 0.1) is 6.92 Å². The van der Waals surface area contributed by atoms with Gasteiger partial charge in [0.25, 0.3) is 0 Å². The molecule has 1 aromatic heterocycles. The quantitative estimate of drug-likeness (QED) is 0.694. The molecule has 0 saturated heterocycles. The molecule has 0 saturated carbocycles. The Bertz CT molecular complexity index is 389. The lowest BCUT2D eigenvalue weighted by Gasteiger charge is -2.01. The van der Waals surface area contributed by atoms with Crippen molar-refractivity contribution in [2.24, 2.45) is 0 Å². The Kier molecular flexibility index (Phi) is 2.98. The lowest BCUT2D eigenvalue weighted by Crippen LogP contribution is -2.03. The number of pyridine rings is 1. The van der Waals surface area contributed by atoms with E-state index in [1.165, 1.54) is 0 Å². The first-order chi connectivity index (χ1) is 5.99. The van der Waals surface area contributed by atoms with Crippen LogP contribution in [0.3, 0.4) is 0 Å². The molecular formula is C8H10FNO2S. The van der Waals surface area contributed by atoms with Crippen LogP contribution in [0.5, 0.6) is 0 Å². The average Bonchev–Trinajstić information content (AvgIpc) is 2.01. The van der Waals surface area contributed by atoms with E-state index in [-0.39, 0.29) is 6.42 Å². The van der Waals surface area contributed by atoms with Crippen LogP contribution in [0.4, 0.5) is 3.89 Å². The Labute approximate surface area is 76.8 Å². The summed E-state index contributed by atoms with van der Waals surface area (Å²) in [5.41, 5.74) is 1.51. The Hall–Kier alpha value is -0.970. The fraction of sp³-hybridized carbons (Fsp3) is 0.375. The molecule has 1 aromatic rings. The molecule has 0 spiro atoms. The van der Waals surface area contributed by atoms with Gasteiger partial charge in [0, 0.05) is 11.9 Å². The normalized spacial score (nSPS) is 11.5. The first-order valence-electron chi connectivity index (χ1n) is 3.82. The zero-order valence-corrected chi connectivity index (χ0v) is 8.01. The molecule has 0 aromatic carbocycles. The first-order valence-corrected chi connectivity index (χ1v) is 5.37. The summed E-state index contributed by atoms with van der Waals surface area (Å²) in [6, 6.07) is 3.45. The monoisotopic (exact) mass is 203 g/mol. The third-order valence-electron chi connectivity index (χ3n) is 1.73. The number of nitrogens with zero attached hydrogens (tertiary/aromatic N) is 1. The molecule has 0 unspecified atom stereocenters. The van der Waals surface area contributed by atoms with Crippen LogP contribution in [0.25, 0.3) is 0 Å². The third-order valence-corrected chi connectivity index (χ3v) is 2.42. The second-order valence-corrected chi connectivity index (χ2v) is 4.23. The predicted molar refractivity (Wildman–Crippen MR) is 47.6 cm³/mol. The molecule has 0 fully saturated rings. The van der Waals surface area contributed by atoms with Gasteiger partial charge in [-0.05, 0) is 25.0 Å². The number of halogens is 1. The highest BCUT2D eigenvalue weighted by Crippen LogP contribution is 2.06. The molecule has 0 radical (unpaired) electrons. The molecule has 13 heavy (non-hydrogen) atoms. The number of hydrogen-bond donors (Lipinski definition) is 0. The minimum Gasteiger partial charge on any atom is -0.261 e. The first kappa shape index (κ1) is 10.1. The topological polar surface area (TPSA) is 47.0 Å². The van der Waals surface area contributed by atoms with E-state index < -0.39 is 16.0 Å². The van der Waals surface area contributed by atoms with E-state index in [1.807, 2.05) is 0 Å². The minimum absolute atomic E-state index is 0.179. The summed E-state index contributed by atoms with van der Waals surface area (Å²) in [6.07, 6.45) is 1.79. The van der Waals surface area contributed by atoms with E-state index >= 15 is 0 Å². The molecule has 0 aliphatic heterocycles. The molecule has 3 nitrogen and oxygen atoms in total. The van der Waals surface area contributed by atoms with Gasteiger partial charge in [-0.3, -0.25) is 4.98 Å². The molecule has 0 amide bonds. The standard InChI is InChI=1S/C8H10FNO2S/c1-7-8(3-2-5-10-7)4-6-13(9,11)12/h2-3,5H,4,6H2,1H3. The minimum atomic E-state index is -4.37. The third kappa shape index (κ3) is 3.50. The SMILES string of the molecule is Cc1ncccc1CCS(=O)(=O)F. The highest BCUT2D eigenvalue weighted by atomic mass is 32.3. The number of hydrogen-bond acceptors (Lipinski definition) is 3. The summed E-state index contributed by atoms with van der Waals surface area (Å²) >= 11 is 0. The van der Waals surface area contributed by atoms with Crippen LogP contribution >= 0.6 is 0 Å². The van der Waals surface area contributed by atoms with Crippen molar-refractivity contribution in [3.05, 3.63) is 29.6 Å². The van der Waals surface area contributed by atoms with Gasteiger partial charge in [0.2, 0.25) is 0 Å². The molecule has 0 aliphatic rings. The van der Waals surface area contributed by atoms with E-state index in [0.29, 0.717) is 0 Å². The predicted octanol–water partition coefficient (Wildman–Crippen LogP) is 1.23.